The standard InChI is InChI=1S/C20H34N2O4S/c1-7-21-10-11-22(14-15(21)2)27(25)17-9-8-16(12-19(3,4)13-17)26-20(5,6)18(23)24/h8-9,13,15-16H,7,10-12,14H2,1-6H3,(H,23,24). The lowest BCUT2D eigenvalue weighted by Gasteiger charge is -2.38. The molecule has 7 heteroatoms. The fraction of sp³-hybridized carbons (Fsp3) is 0.750. The molecule has 1 aliphatic heterocycles. The van der Waals surface area contributed by atoms with Crippen LogP contribution in [-0.4, -0.2) is 68.4 Å². The highest BCUT2D eigenvalue weighted by Gasteiger charge is 2.35. The van der Waals surface area contributed by atoms with E-state index in [1.54, 1.807) is 13.8 Å². The lowest BCUT2D eigenvalue weighted by molar-refractivity contribution is -0.166. The molecule has 0 saturated carbocycles. The van der Waals surface area contributed by atoms with Crippen molar-refractivity contribution in [3.8, 4) is 0 Å². The van der Waals surface area contributed by atoms with Crippen LogP contribution in [0.1, 0.15) is 48.0 Å². The Morgan fingerprint density at radius 1 is 1.41 bits per heavy atom. The number of hydrogen-bond acceptors (Lipinski definition) is 4. The molecule has 3 atom stereocenters. The van der Waals surface area contributed by atoms with Gasteiger partial charge < -0.3 is 9.84 Å². The van der Waals surface area contributed by atoms with Gasteiger partial charge in [-0.3, -0.25) is 4.90 Å². The summed E-state index contributed by atoms with van der Waals surface area (Å²) in [6.45, 7) is 15.1. The molecule has 2 aliphatic rings. The molecule has 27 heavy (non-hydrogen) atoms. The van der Waals surface area contributed by atoms with Crippen LogP contribution >= 0.6 is 0 Å². The third-order valence-electron chi connectivity index (χ3n) is 5.27. The van der Waals surface area contributed by atoms with E-state index in [4.69, 9.17) is 4.74 Å². The van der Waals surface area contributed by atoms with E-state index in [-0.39, 0.29) is 11.5 Å². The third kappa shape index (κ3) is 5.73. The molecule has 1 saturated heterocycles. The van der Waals surface area contributed by atoms with E-state index in [9.17, 15) is 14.1 Å². The summed E-state index contributed by atoms with van der Waals surface area (Å²) in [4.78, 5) is 14.6. The first-order valence-corrected chi connectivity index (χ1v) is 10.8. The van der Waals surface area contributed by atoms with Crippen molar-refractivity contribution in [1.29, 1.82) is 0 Å². The smallest absolute Gasteiger partial charge is 0.335 e. The number of hydrogen-bond donors (Lipinski definition) is 1. The fourth-order valence-electron chi connectivity index (χ4n) is 3.63. The molecule has 154 valence electrons. The van der Waals surface area contributed by atoms with Crippen molar-refractivity contribution in [3.05, 3.63) is 23.1 Å². The number of rotatable bonds is 6. The summed E-state index contributed by atoms with van der Waals surface area (Å²) in [5.74, 6) is -0.988. The number of piperazine rings is 1. The summed E-state index contributed by atoms with van der Waals surface area (Å²) in [5.41, 5.74) is -1.51. The second-order valence-electron chi connectivity index (χ2n) is 8.69. The Morgan fingerprint density at radius 2 is 2.07 bits per heavy atom. The predicted molar refractivity (Wildman–Crippen MR) is 109 cm³/mol. The Morgan fingerprint density at radius 3 is 2.63 bits per heavy atom. The topological polar surface area (TPSA) is 70.1 Å². The van der Waals surface area contributed by atoms with E-state index in [0.717, 1.165) is 31.1 Å². The minimum Gasteiger partial charge on any atom is -0.479 e. The Labute approximate surface area is 165 Å². The van der Waals surface area contributed by atoms with Crippen LogP contribution in [0.5, 0.6) is 0 Å². The summed E-state index contributed by atoms with van der Waals surface area (Å²) in [6.07, 6.45) is 6.06. The van der Waals surface area contributed by atoms with Crippen molar-refractivity contribution >= 4 is 17.0 Å². The van der Waals surface area contributed by atoms with Crippen LogP contribution in [0, 0.1) is 5.41 Å². The maximum atomic E-state index is 13.2. The van der Waals surface area contributed by atoms with E-state index in [1.165, 1.54) is 0 Å². The van der Waals surface area contributed by atoms with Gasteiger partial charge in [-0.05, 0) is 45.2 Å². The highest BCUT2D eigenvalue weighted by Crippen LogP contribution is 2.33. The highest BCUT2D eigenvalue weighted by atomic mass is 32.2. The summed E-state index contributed by atoms with van der Waals surface area (Å²) in [5, 5.41) is 9.33. The molecule has 6 nitrogen and oxygen atoms in total. The number of carboxylic acids is 1. The SMILES string of the molecule is CCN1CCN(S(=O)C2=CC(C)(C)CC(OC(C)(C)C(=O)O)C=C2)CC1C. The molecular formula is C20H34N2O4S. The number of carbonyl (C=O) groups is 1. The summed E-state index contributed by atoms with van der Waals surface area (Å²) in [6, 6.07) is 0.378. The van der Waals surface area contributed by atoms with Gasteiger partial charge in [0.05, 0.1) is 11.0 Å². The van der Waals surface area contributed by atoms with Gasteiger partial charge in [0.15, 0.2) is 5.60 Å². The molecule has 3 unspecified atom stereocenters. The van der Waals surface area contributed by atoms with Crippen LogP contribution in [0.4, 0.5) is 0 Å². The molecule has 0 amide bonds. The molecule has 1 fully saturated rings. The van der Waals surface area contributed by atoms with Crippen LogP contribution < -0.4 is 0 Å². The zero-order valence-corrected chi connectivity index (χ0v) is 18.2. The zero-order chi connectivity index (χ0) is 20.4. The van der Waals surface area contributed by atoms with Crippen LogP contribution in [0.25, 0.3) is 0 Å². The van der Waals surface area contributed by atoms with Gasteiger partial charge in [-0.2, -0.15) is 0 Å². The van der Waals surface area contributed by atoms with Crippen LogP contribution in [0.3, 0.4) is 0 Å². The molecule has 0 bridgehead atoms. The molecule has 2 rings (SSSR count). The molecule has 0 radical (unpaired) electrons. The quantitative estimate of drug-likeness (QED) is 0.745. The van der Waals surface area contributed by atoms with Gasteiger partial charge in [-0.1, -0.05) is 32.9 Å². The van der Waals surface area contributed by atoms with Gasteiger partial charge in [0.2, 0.25) is 0 Å². The van der Waals surface area contributed by atoms with Gasteiger partial charge >= 0.3 is 5.97 Å². The number of carboxylic acid groups (broad SMARTS) is 1. The van der Waals surface area contributed by atoms with Gasteiger partial charge in [-0.15, -0.1) is 0 Å². The second kappa shape index (κ2) is 8.55. The molecule has 0 aromatic carbocycles. The largest absolute Gasteiger partial charge is 0.479 e. The summed E-state index contributed by atoms with van der Waals surface area (Å²) in [7, 11) is -1.23. The number of aliphatic carboxylic acids is 1. The molecule has 0 aromatic heterocycles. The Balaban J connectivity index is 2.15. The Hall–Kier alpha value is -1.02. The van der Waals surface area contributed by atoms with Crippen molar-refractivity contribution in [2.75, 3.05) is 26.2 Å². The highest BCUT2D eigenvalue weighted by molar-refractivity contribution is 7.86. The Bertz CT molecular complexity index is 642. The number of allylic oxidation sites excluding steroid dienone is 2. The summed E-state index contributed by atoms with van der Waals surface area (Å²) >= 11 is 0. The van der Waals surface area contributed by atoms with Gasteiger partial charge in [0.1, 0.15) is 11.0 Å². The first kappa shape index (κ1) is 22.3. The average molecular weight is 399 g/mol. The van der Waals surface area contributed by atoms with Crippen molar-refractivity contribution in [1.82, 2.24) is 9.21 Å². The maximum Gasteiger partial charge on any atom is 0.335 e. The molecule has 1 heterocycles. The van der Waals surface area contributed by atoms with Gasteiger partial charge in [-0.25, -0.2) is 13.3 Å². The number of likely N-dealkylation sites (N-methyl/N-ethyl adjacent to an activating group) is 1. The van der Waals surface area contributed by atoms with E-state index < -0.39 is 22.6 Å². The Kier molecular flexibility index (Phi) is 7.06. The van der Waals surface area contributed by atoms with Crippen molar-refractivity contribution < 1.29 is 18.8 Å². The lowest BCUT2D eigenvalue weighted by Crippen LogP contribution is -2.52. The molecule has 0 aromatic rings. The second-order valence-corrected chi connectivity index (χ2v) is 10.2. The molecule has 0 spiro atoms. The average Bonchev–Trinajstić information content (AvgIpc) is 2.71. The third-order valence-corrected chi connectivity index (χ3v) is 6.72. The molecule has 1 aliphatic carbocycles. The van der Waals surface area contributed by atoms with Crippen molar-refractivity contribution in [3.63, 3.8) is 0 Å². The van der Waals surface area contributed by atoms with Gasteiger partial charge in [0.25, 0.3) is 0 Å². The van der Waals surface area contributed by atoms with Crippen LogP contribution in [0.15, 0.2) is 23.1 Å². The van der Waals surface area contributed by atoms with E-state index in [1.807, 2.05) is 22.5 Å². The maximum absolute atomic E-state index is 13.2. The van der Waals surface area contributed by atoms with Crippen molar-refractivity contribution in [2.24, 2.45) is 5.41 Å². The monoisotopic (exact) mass is 398 g/mol. The van der Waals surface area contributed by atoms with E-state index in [0.29, 0.717) is 12.5 Å². The molecule has 1 N–H and O–H groups in total. The van der Waals surface area contributed by atoms with Gasteiger partial charge in [0, 0.05) is 25.7 Å². The minimum atomic E-state index is -1.26. The lowest BCUT2D eigenvalue weighted by atomic mass is 9.87. The van der Waals surface area contributed by atoms with Crippen LogP contribution in [0.2, 0.25) is 0 Å². The summed E-state index contributed by atoms with van der Waals surface area (Å²) < 4.78 is 21.1. The molecular weight excluding hydrogens is 364 g/mol. The predicted octanol–water partition coefficient (Wildman–Crippen LogP) is 2.79. The fourth-order valence-corrected chi connectivity index (χ4v) is 5.14. The van der Waals surface area contributed by atoms with E-state index >= 15 is 0 Å². The van der Waals surface area contributed by atoms with Crippen molar-refractivity contribution in [2.45, 2.75) is 65.7 Å². The van der Waals surface area contributed by atoms with Crippen LogP contribution in [-0.2, 0) is 20.5 Å². The first-order chi connectivity index (χ1) is 12.4. The van der Waals surface area contributed by atoms with E-state index in [2.05, 4.69) is 32.6 Å². The number of nitrogens with zero attached hydrogens (tertiary/aromatic N) is 2. The zero-order valence-electron chi connectivity index (χ0n) is 17.4. The normalized spacial score (nSPS) is 28.4. The first-order valence-electron chi connectivity index (χ1n) is 9.68. The number of ether oxygens (including phenoxy) is 1. The minimum absolute atomic E-state index is 0.245.